The maximum atomic E-state index is 11.6. The monoisotopic (exact) mass is 235 g/mol. The Morgan fingerprint density at radius 2 is 1.76 bits per heavy atom. The van der Waals surface area contributed by atoms with Crippen molar-refractivity contribution in [2.24, 2.45) is 17.8 Å². The third-order valence-electron chi connectivity index (χ3n) is 4.30. The fourth-order valence-corrected chi connectivity index (χ4v) is 3.69. The molecule has 4 atom stereocenters. The Balaban J connectivity index is 1.94. The van der Waals surface area contributed by atoms with Gasteiger partial charge in [-0.05, 0) is 31.1 Å². The van der Waals surface area contributed by atoms with Crippen molar-refractivity contribution in [1.82, 2.24) is 4.90 Å². The first kappa shape index (κ1) is 10.5. The van der Waals surface area contributed by atoms with Gasteiger partial charge in [-0.3, -0.25) is 19.3 Å². The molecule has 17 heavy (non-hydrogen) atoms. The molecule has 1 heterocycles. The average molecular weight is 235 g/mol. The van der Waals surface area contributed by atoms with Gasteiger partial charge in [-0.15, -0.1) is 0 Å². The summed E-state index contributed by atoms with van der Waals surface area (Å²) in [5.74, 6) is -1.87. The molecule has 0 aromatic heterocycles. The van der Waals surface area contributed by atoms with Crippen LogP contribution in [0.5, 0.6) is 0 Å². The summed E-state index contributed by atoms with van der Waals surface area (Å²) in [7, 11) is 0. The van der Waals surface area contributed by atoms with E-state index >= 15 is 0 Å². The SMILES string of the molecule is O=C(O)C1C2CCC(C2)C1N1C(=O)C=CC1=O. The molecule has 4 unspecified atom stereocenters. The predicted molar refractivity (Wildman–Crippen MR) is 56.7 cm³/mol. The number of carbonyl (C=O) groups is 3. The van der Waals surface area contributed by atoms with E-state index in [1.807, 2.05) is 0 Å². The van der Waals surface area contributed by atoms with Crippen molar-refractivity contribution in [2.75, 3.05) is 0 Å². The van der Waals surface area contributed by atoms with E-state index in [9.17, 15) is 19.5 Å². The zero-order valence-electron chi connectivity index (χ0n) is 9.20. The van der Waals surface area contributed by atoms with Crippen LogP contribution in [0.25, 0.3) is 0 Å². The van der Waals surface area contributed by atoms with E-state index < -0.39 is 17.9 Å². The molecular weight excluding hydrogens is 222 g/mol. The first-order valence-corrected chi connectivity index (χ1v) is 5.87. The standard InChI is InChI=1S/C12H13NO4/c14-8-3-4-9(15)13(8)11-7-2-1-6(5-7)10(11)12(16)17/h3-4,6-7,10-11H,1-2,5H2,(H,16,17). The maximum absolute atomic E-state index is 11.6. The molecule has 5 heteroatoms. The Labute approximate surface area is 98.1 Å². The zero-order valence-corrected chi connectivity index (χ0v) is 9.20. The van der Waals surface area contributed by atoms with Gasteiger partial charge < -0.3 is 5.11 Å². The van der Waals surface area contributed by atoms with Gasteiger partial charge in [0.2, 0.25) is 0 Å². The summed E-state index contributed by atoms with van der Waals surface area (Å²) in [6.45, 7) is 0. The van der Waals surface area contributed by atoms with Gasteiger partial charge in [0.1, 0.15) is 0 Å². The van der Waals surface area contributed by atoms with E-state index in [4.69, 9.17) is 0 Å². The molecule has 0 aromatic carbocycles. The van der Waals surface area contributed by atoms with Crippen molar-refractivity contribution in [1.29, 1.82) is 0 Å². The van der Waals surface area contributed by atoms with Crippen LogP contribution in [0.15, 0.2) is 12.2 Å². The number of fused-ring (bicyclic) bond motifs is 2. The van der Waals surface area contributed by atoms with Gasteiger partial charge in [0.05, 0.1) is 12.0 Å². The van der Waals surface area contributed by atoms with Crippen LogP contribution in [0, 0.1) is 17.8 Å². The number of rotatable bonds is 2. The molecule has 2 bridgehead atoms. The molecule has 2 fully saturated rings. The zero-order chi connectivity index (χ0) is 12.2. The highest BCUT2D eigenvalue weighted by Crippen LogP contribution is 2.51. The summed E-state index contributed by atoms with van der Waals surface area (Å²) >= 11 is 0. The third kappa shape index (κ3) is 1.34. The Hall–Kier alpha value is -1.65. The van der Waals surface area contributed by atoms with Gasteiger partial charge in [-0.2, -0.15) is 0 Å². The van der Waals surface area contributed by atoms with Gasteiger partial charge in [0.25, 0.3) is 11.8 Å². The second-order valence-corrected chi connectivity index (χ2v) is 5.07. The van der Waals surface area contributed by atoms with Crippen molar-refractivity contribution in [2.45, 2.75) is 25.3 Å². The smallest absolute Gasteiger partial charge is 0.308 e. The normalized spacial score (nSPS) is 39.4. The van der Waals surface area contributed by atoms with Gasteiger partial charge >= 0.3 is 5.97 Å². The minimum atomic E-state index is -0.880. The number of imide groups is 1. The summed E-state index contributed by atoms with van der Waals surface area (Å²) in [6.07, 6.45) is 5.12. The largest absolute Gasteiger partial charge is 0.481 e. The number of amides is 2. The van der Waals surface area contributed by atoms with Crippen molar-refractivity contribution >= 4 is 17.8 Å². The van der Waals surface area contributed by atoms with Crippen molar-refractivity contribution < 1.29 is 19.5 Å². The molecule has 1 aliphatic heterocycles. The maximum Gasteiger partial charge on any atom is 0.308 e. The number of carboxylic acid groups (broad SMARTS) is 1. The lowest BCUT2D eigenvalue weighted by molar-refractivity contribution is -0.150. The van der Waals surface area contributed by atoms with Crippen LogP contribution in [-0.4, -0.2) is 33.8 Å². The highest BCUT2D eigenvalue weighted by Gasteiger charge is 2.55. The van der Waals surface area contributed by atoms with Crippen LogP contribution < -0.4 is 0 Å². The lowest BCUT2D eigenvalue weighted by Gasteiger charge is -2.34. The van der Waals surface area contributed by atoms with Gasteiger partial charge in [-0.1, -0.05) is 0 Å². The lowest BCUT2D eigenvalue weighted by atomic mass is 9.83. The fraction of sp³-hybridized carbons (Fsp3) is 0.583. The molecule has 2 amide bonds. The van der Waals surface area contributed by atoms with Crippen molar-refractivity contribution in [3.63, 3.8) is 0 Å². The second kappa shape index (κ2) is 3.42. The van der Waals surface area contributed by atoms with Crippen LogP contribution in [0.3, 0.4) is 0 Å². The Kier molecular flexibility index (Phi) is 2.11. The Morgan fingerprint density at radius 3 is 2.35 bits per heavy atom. The molecule has 2 saturated carbocycles. The average Bonchev–Trinajstić information content (AvgIpc) is 2.92. The van der Waals surface area contributed by atoms with Crippen LogP contribution in [-0.2, 0) is 14.4 Å². The molecule has 5 nitrogen and oxygen atoms in total. The molecule has 90 valence electrons. The molecule has 2 aliphatic carbocycles. The van der Waals surface area contributed by atoms with Crippen LogP contribution >= 0.6 is 0 Å². The highest BCUT2D eigenvalue weighted by molar-refractivity contribution is 6.13. The van der Waals surface area contributed by atoms with E-state index in [2.05, 4.69) is 0 Å². The number of nitrogens with zero attached hydrogens (tertiary/aromatic N) is 1. The van der Waals surface area contributed by atoms with Crippen molar-refractivity contribution in [3.05, 3.63) is 12.2 Å². The molecule has 0 spiro atoms. The molecule has 0 aromatic rings. The molecule has 3 aliphatic rings. The second-order valence-electron chi connectivity index (χ2n) is 5.07. The quantitative estimate of drug-likeness (QED) is 0.703. The molecule has 1 N–H and O–H groups in total. The van der Waals surface area contributed by atoms with E-state index in [1.54, 1.807) is 0 Å². The van der Waals surface area contributed by atoms with Gasteiger partial charge in [0.15, 0.2) is 0 Å². The summed E-state index contributed by atoms with van der Waals surface area (Å²) in [6, 6.07) is -0.429. The number of carbonyl (C=O) groups excluding carboxylic acids is 2. The Morgan fingerprint density at radius 1 is 1.18 bits per heavy atom. The van der Waals surface area contributed by atoms with Gasteiger partial charge in [-0.25, -0.2) is 0 Å². The lowest BCUT2D eigenvalue weighted by Crippen LogP contribution is -2.49. The fourth-order valence-electron chi connectivity index (χ4n) is 3.69. The molecule has 0 saturated heterocycles. The van der Waals surface area contributed by atoms with E-state index in [-0.39, 0.29) is 23.7 Å². The molecule has 0 radical (unpaired) electrons. The minimum Gasteiger partial charge on any atom is -0.481 e. The van der Waals surface area contributed by atoms with Gasteiger partial charge in [0, 0.05) is 12.2 Å². The van der Waals surface area contributed by atoms with Crippen LogP contribution in [0.4, 0.5) is 0 Å². The number of hydrogen-bond acceptors (Lipinski definition) is 3. The van der Waals surface area contributed by atoms with Crippen LogP contribution in [0.2, 0.25) is 0 Å². The van der Waals surface area contributed by atoms with E-state index in [0.29, 0.717) is 0 Å². The number of carboxylic acids is 1. The predicted octanol–water partition coefficient (Wildman–Crippen LogP) is 0.411. The highest BCUT2D eigenvalue weighted by atomic mass is 16.4. The number of hydrogen-bond donors (Lipinski definition) is 1. The first-order valence-electron chi connectivity index (χ1n) is 5.87. The summed E-state index contributed by atoms with van der Waals surface area (Å²) in [5, 5.41) is 9.27. The summed E-state index contributed by atoms with van der Waals surface area (Å²) in [5.41, 5.74) is 0. The summed E-state index contributed by atoms with van der Waals surface area (Å²) < 4.78 is 0. The molecule has 3 rings (SSSR count). The number of aliphatic carboxylic acids is 1. The minimum absolute atomic E-state index is 0.128. The van der Waals surface area contributed by atoms with E-state index in [1.165, 1.54) is 12.2 Å². The first-order chi connectivity index (χ1) is 8.09. The summed E-state index contributed by atoms with van der Waals surface area (Å²) in [4.78, 5) is 35.7. The Bertz CT molecular complexity index is 424. The van der Waals surface area contributed by atoms with Crippen molar-refractivity contribution in [3.8, 4) is 0 Å². The third-order valence-corrected chi connectivity index (χ3v) is 4.30. The molecular formula is C12H13NO4. The van der Waals surface area contributed by atoms with Crippen LogP contribution in [0.1, 0.15) is 19.3 Å². The van der Waals surface area contributed by atoms with E-state index in [0.717, 1.165) is 24.2 Å². The topological polar surface area (TPSA) is 74.7 Å².